The third-order valence-corrected chi connectivity index (χ3v) is 2.61. The van der Waals surface area contributed by atoms with Crippen molar-refractivity contribution in [3.05, 3.63) is 32.8 Å². The molecule has 0 aliphatic heterocycles. The highest BCUT2D eigenvalue weighted by molar-refractivity contribution is 5.77. The van der Waals surface area contributed by atoms with Gasteiger partial charge in [0.15, 0.2) is 0 Å². The summed E-state index contributed by atoms with van der Waals surface area (Å²) < 4.78 is 0.876. The van der Waals surface area contributed by atoms with Gasteiger partial charge in [-0.3, -0.25) is 24.3 Å². The van der Waals surface area contributed by atoms with Crippen LogP contribution in [-0.2, 0) is 16.1 Å². The van der Waals surface area contributed by atoms with Crippen molar-refractivity contribution in [1.29, 1.82) is 0 Å². The van der Waals surface area contributed by atoms with E-state index in [2.05, 4.69) is 10.4 Å². The second-order valence-electron chi connectivity index (χ2n) is 4.38. The van der Waals surface area contributed by atoms with Crippen LogP contribution in [0.5, 0.6) is 0 Å². The lowest BCUT2D eigenvalue weighted by atomic mass is 10.1. The third-order valence-electron chi connectivity index (χ3n) is 2.61. The van der Waals surface area contributed by atoms with Crippen LogP contribution in [0, 0.1) is 0 Å². The topological polar surface area (TPSA) is 121 Å². The summed E-state index contributed by atoms with van der Waals surface area (Å²) in [5.74, 6) is -1.53. The summed E-state index contributed by atoms with van der Waals surface area (Å²) in [7, 11) is 0. The SMILES string of the molecule is CCCC(CC(=O)O)NC(=O)Cn1[nH]c(=O)ccc1=O. The van der Waals surface area contributed by atoms with Crippen LogP contribution in [0.2, 0.25) is 0 Å². The number of carboxylic acids is 1. The Balaban J connectivity index is 2.70. The monoisotopic (exact) mass is 283 g/mol. The highest BCUT2D eigenvalue weighted by Crippen LogP contribution is 2.01. The Morgan fingerprint density at radius 1 is 1.40 bits per heavy atom. The van der Waals surface area contributed by atoms with Gasteiger partial charge in [-0.2, -0.15) is 0 Å². The average Bonchev–Trinajstić information content (AvgIpc) is 2.33. The van der Waals surface area contributed by atoms with Crippen molar-refractivity contribution >= 4 is 11.9 Å². The van der Waals surface area contributed by atoms with Crippen LogP contribution in [0.1, 0.15) is 26.2 Å². The molecule has 0 radical (unpaired) electrons. The Morgan fingerprint density at radius 2 is 2.10 bits per heavy atom. The van der Waals surface area contributed by atoms with Crippen LogP contribution in [0.4, 0.5) is 0 Å². The number of nitrogens with one attached hydrogen (secondary N) is 2. The van der Waals surface area contributed by atoms with Gasteiger partial charge in [-0.15, -0.1) is 0 Å². The maximum Gasteiger partial charge on any atom is 0.305 e. The van der Waals surface area contributed by atoms with Gasteiger partial charge in [0.2, 0.25) is 5.91 Å². The minimum atomic E-state index is -1.01. The number of nitrogens with zero attached hydrogens (tertiary/aromatic N) is 1. The second-order valence-corrected chi connectivity index (χ2v) is 4.38. The maximum absolute atomic E-state index is 11.8. The minimum Gasteiger partial charge on any atom is -0.481 e. The minimum absolute atomic E-state index is 0.181. The van der Waals surface area contributed by atoms with E-state index in [1.165, 1.54) is 0 Å². The van der Waals surface area contributed by atoms with Crippen LogP contribution < -0.4 is 16.4 Å². The van der Waals surface area contributed by atoms with Gasteiger partial charge in [0.1, 0.15) is 6.54 Å². The van der Waals surface area contributed by atoms with Crippen molar-refractivity contribution in [2.45, 2.75) is 38.8 Å². The lowest BCUT2D eigenvalue weighted by molar-refractivity contribution is -0.137. The number of carbonyl (C=O) groups is 2. The average molecular weight is 283 g/mol. The predicted molar refractivity (Wildman–Crippen MR) is 70.4 cm³/mol. The number of carbonyl (C=O) groups excluding carboxylic acids is 1. The number of hydrogen-bond acceptors (Lipinski definition) is 4. The zero-order chi connectivity index (χ0) is 15.1. The number of carboxylic acid groups (broad SMARTS) is 1. The summed E-state index contributed by atoms with van der Waals surface area (Å²) >= 11 is 0. The molecule has 0 aliphatic rings. The Morgan fingerprint density at radius 3 is 2.70 bits per heavy atom. The van der Waals surface area contributed by atoms with Crippen molar-refractivity contribution in [2.24, 2.45) is 0 Å². The maximum atomic E-state index is 11.8. The van der Waals surface area contributed by atoms with Crippen LogP contribution in [0.15, 0.2) is 21.7 Å². The van der Waals surface area contributed by atoms with E-state index in [1.807, 2.05) is 6.92 Å². The molecule has 8 nitrogen and oxygen atoms in total. The molecular weight excluding hydrogens is 266 g/mol. The molecule has 1 aromatic rings. The van der Waals surface area contributed by atoms with E-state index in [1.54, 1.807) is 0 Å². The van der Waals surface area contributed by atoms with Crippen LogP contribution >= 0.6 is 0 Å². The smallest absolute Gasteiger partial charge is 0.305 e. The summed E-state index contributed by atoms with van der Waals surface area (Å²) in [6.45, 7) is 1.52. The lowest BCUT2D eigenvalue weighted by Crippen LogP contribution is -2.41. The molecule has 1 rings (SSSR count). The molecular formula is C12H17N3O5. The van der Waals surface area contributed by atoms with Gasteiger partial charge in [-0.25, -0.2) is 4.68 Å². The number of rotatable bonds is 7. The van der Waals surface area contributed by atoms with Crippen molar-refractivity contribution in [3.8, 4) is 0 Å². The van der Waals surface area contributed by atoms with E-state index in [4.69, 9.17) is 5.11 Å². The van der Waals surface area contributed by atoms with E-state index in [-0.39, 0.29) is 13.0 Å². The zero-order valence-electron chi connectivity index (χ0n) is 11.1. The fourth-order valence-corrected chi connectivity index (χ4v) is 1.78. The quantitative estimate of drug-likeness (QED) is 0.610. The first kappa shape index (κ1) is 15.7. The Kier molecular flexibility index (Phi) is 5.70. The van der Waals surface area contributed by atoms with Gasteiger partial charge in [0, 0.05) is 18.2 Å². The number of aromatic amines is 1. The molecule has 8 heteroatoms. The Bertz CT molecular complexity index is 589. The molecule has 1 atom stereocenters. The predicted octanol–water partition coefficient (Wildman–Crippen LogP) is -0.704. The van der Waals surface area contributed by atoms with Crippen molar-refractivity contribution < 1.29 is 14.7 Å². The molecule has 1 amide bonds. The van der Waals surface area contributed by atoms with E-state index < -0.39 is 29.0 Å². The molecule has 0 fully saturated rings. The van der Waals surface area contributed by atoms with Crippen LogP contribution in [0.3, 0.4) is 0 Å². The molecule has 0 spiro atoms. The molecule has 0 aliphatic carbocycles. The molecule has 1 unspecified atom stereocenters. The summed E-state index contributed by atoms with van der Waals surface area (Å²) in [6, 6.07) is 1.64. The van der Waals surface area contributed by atoms with E-state index in [0.29, 0.717) is 6.42 Å². The van der Waals surface area contributed by atoms with Gasteiger partial charge in [0.05, 0.1) is 6.42 Å². The largest absolute Gasteiger partial charge is 0.481 e. The molecule has 3 N–H and O–H groups in total. The van der Waals surface area contributed by atoms with Gasteiger partial charge in [-0.1, -0.05) is 13.3 Å². The molecule has 0 saturated carbocycles. The fraction of sp³-hybridized carbons (Fsp3) is 0.500. The first-order valence-electron chi connectivity index (χ1n) is 6.23. The molecule has 1 aromatic heterocycles. The number of hydrogen-bond donors (Lipinski definition) is 3. The number of aliphatic carboxylic acids is 1. The molecule has 110 valence electrons. The highest BCUT2D eigenvalue weighted by atomic mass is 16.4. The highest BCUT2D eigenvalue weighted by Gasteiger charge is 2.15. The Labute approximate surface area is 114 Å². The van der Waals surface area contributed by atoms with E-state index in [0.717, 1.165) is 23.2 Å². The van der Waals surface area contributed by atoms with Crippen molar-refractivity contribution in [1.82, 2.24) is 15.1 Å². The first-order valence-corrected chi connectivity index (χ1v) is 6.23. The molecule has 0 aromatic carbocycles. The zero-order valence-corrected chi connectivity index (χ0v) is 11.1. The number of amides is 1. The van der Waals surface area contributed by atoms with Gasteiger partial charge < -0.3 is 10.4 Å². The van der Waals surface area contributed by atoms with Crippen molar-refractivity contribution in [2.75, 3.05) is 0 Å². The normalized spacial score (nSPS) is 11.8. The first-order chi connectivity index (χ1) is 9.42. The fourth-order valence-electron chi connectivity index (χ4n) is 1.78. The number of aromatic nitrogens is 2. The summed E-state index contributed by atoms with van der Waals surface area (Å²) in [4.78, 5) is 44.9. The number of H-pyrrole nitrogens is 1. The van der Waals surface area contributed by atoms with E-state index >= 15 is 0 Å². The third kappa shape index (κ3) is 5.09. The summed E-state index contributed by atoms with van der Waals surface area (Å²) in [6.07, 6.45) is 1.07. The van der Waals surface area contributed by atoms with Gasteiger partial charge in [-0.05, 0) is 6.42 Å². The van der Waals surface area contributed by atoms with Gasteiger partial charge >= 0.3 is 5.97 Å². The summed E-state index contributed by atoms with van der Waals surface area (Å²) in [5.41, 5.74) is -1.00. The molecule has 20 heavy (non-hydrogen) atoms. The van der Waals surface area contributed by atoms with Crippen LogP contribution in [-0.4, -0.2) is 32.8 Å². The van der Waals surface area contributed by atoms with Crippen LogP contribution in [0.25, 0.3) is 0 Å². The summed E-state index contributed by atoms with van der Waals surface area (Å²) in [5, 5.41) is 13.5. The second kappa shape index (κ2) is 7.27. The molecule has 1 heterocycles. The molecule has 0 saturated heterocycles. The lowest BCUT2D eigenvalue weighted by Gasteiger charge is -2.16. The van der Waals surface area contributed by atoms with Crippen molar-refractivity contribution in [3.63, 3.8) is 0 Å². The standard InChI is InChI=1S/C12H17N3O5/c1-2-3-8(6-12(19)20)13-10(17)7-15-11(18)5-4-9(16)14-15/h4-5,8H,2-3,6-7H2,1H3,(H,13,17)(H,14,16)(H,19,20). The van der Waals surface area contributed by atoms with Gasteiger partial charge in [0.25, 0.3) is 11.1 Å². The Hall–Kier alpha value is -2.38. The van der Waals surface area contributed by atoms with E-state index in [9.17, 15) is 19.2 Å². The molecule has 0 bridgehead atoms.